The second-order valence-electron chi connectivity index (χ2n) is 5.60. The standard InChI is InChI=1S/C15H21N3O2S/c16-14(17-9-15(19)6-8-21-10-15)18-12-5-7-20-13-4-2-1-3-11(12)13/h1-4,12,19H,5-10H2,(H3,16,17,18). The van der Waals surface area contributed by atoms with Gasteiger partial charge in [0, 0.05) is 17.7 Å². The van der Waals surface area contributed by atoms with E-state index in [1.165, 1.54) is 0 Å². The summed E-state index contributed by atoms with van der Waals surface area (Å²) in [5.74, 6) is 3.03. The third kappa shape index (κ3) is 3.44. The monoisotopic (exact) mass is 307 g/mol. The highest BCUT2D eigenvalue weighted by Crippen LogP contribution is 2.31. The highest BCUT2D eigenvalue weighted by molar-refractivity contribution is 7.99. The van der Waals surface area contributed by atoms with Crippen molar-refractivity contribution in [3.8, 4) is 5.75 Å². The molecule has 2 unspecified atom stereocenters. The molecule has 2 aliphatic heterocycles. The molecule has 2 heterocycles. The zero-order valence-corrected chi connectivity index (χ0v) is 12.7. The Labute approximate surface area is 129 Å². The minimum Gasteiger partial charge on any atom is -0.493 e. The summed E-state index contributed by atoms with van der Waals surface area (Å²) < 4.78 is 5.63. The fraction of sp³-hybridized carbons (Fsp3) is 0.533. The first-order valence-electron chi connectivity index (χ1n) is 7.25. The summed E-state index contributed by atoms with van der Waals surface area (Å²) in [7, 11) is 0. The van der Waals surface area contributed by atoms with Gasteiger partial charge in [-0.1, -0.05) is 18.2 Å². The molecule has 114 valence electrons. The molecule has 2 atom stereocenters. The molecule has 3 rings (SSSR count). The van der Waals surface area contributed by atoms with Gasteiger partial charge < -0.3 is 20.9 Å². The molecule has 2 aliphatic rings. The van der Waals surface area contributed by atoms with Crippen molar-refractivity contribution in [3.63, 3.8) is 0 Å². The smallest absolute Gasteiger partial charge is 0.189 e. The van der Waals surface area contributed by atoms with Crippen LogP contribution in [0.1, 0.15) is 24.4 Å². The maximum absolute atomic E-state index is 10.3. The Morgan fingerprint density at radius 2 is 2.38 bits per heavy atom. The zero-order valence-electron chi connectivity index (χ0n) is 11.9. The van der Waals surface area contributed by atoms with Gasteiger partial charge in [0.25, 0.3) is 0 Å². The maximum atomic E-state index is 10.3. The summed E-state index contributed by atoms with van der Waals surface area (Å²) in [6.45, 7) is 1.03. The summed E-state index contributed by atoms with van der Waals surface area (Å²) in [6, 6.07) is 8.08. The number of aliphatic hydroxyl groups is 1. The summed E-state index contributed by atoms with van der Waals surface area (Å²) in [5, 5.41) is 13.5. The maximum Gasteiger partial charge on any atom is 0.189 e. The fourth-order valence-electron chi connectivity index (χ4n) is 2.67. The lowest BCUT2D eigenvalue weighted by Crippen LogP contribution is -2.39. The Morgan fingerprint density at radius 1 is 1.52 bits per heavy atom. The van der Waals surface area contributed by atoms with E-state index in [2.05, 4.69) is 10.3 Å². The summed E-state index contributed by atoms with van der Waals surface area (Å²) in [5.41, 5.74) is 6.40. The van der Waals surface area contributed by atoms with Crippen LogP contribution in [0.4, 0.5) is 0 Å². The largest absolute Gasteiger partial charge is 0.493 e. The number of guanidine groups is 1. The van der Waals surface area contributed by atoms with Gasteiger partial charge in [-0.15, -0.1) is 0 Å². The van der Waals surface area contributed by atoms with Gasteiger partial charge in [0.05, 0.1) is 24.8 Å². The molecule has 0 bridgehead atoms. The van der Waals surface area contributed by atoms with E-state index in [-0.39, 0.29) is 6.04 Å². The molecule has 0 spiro atoms. The molecule has 0 saturated carbocycles. The second kappa shape index (κ2) is 6.15. The molecule has 5 nitrogen and oxygen atoms in total. The zero-order chi connectivity index (χ0) is 14.7. The van der Waals surface area contributed by atoms with Crippen LogP contribution in [0.3, 0.4) is 0 Å². The minimum absolute atomic E-state index is 0.117. The van der Waals surface area contributed by atoms with E-state index < -0.39 is 5.60 Å². The van der Waals surface area contributed by atoms with Crippen LogP contribution in [0, 0.1) is 0 Å². The summed E-state index contributed by atoms with van der Waals surface area (Å²) in [6.07, 6.45) is 1.64. The number of thioether (sulfide) groups is 1. The highest BCUT2D eigenvalue weighted by Gasteiger charge is 2.31. The van der Waals surface area contributed by atoms with Crippen molar-refractivity contribution < 1.29 is 9.84 Å². The molecular weight excluding hydrogens is 286 g/mol. The van der Waals surface area contributed by atoms with Crippen LogP contribution in [0.2, 0.25) is 0 Å². The van der Waals surface area contributed by atoms with Gasteiger partial charge >= 0.3 is 0 Å². The number of fused-ring (bicyclic) bond motifs is 1. The third-order valence-corrected chi connectivity index (χ3v) is 5.14. The number of aliphatic imine (C=N–C) groups is 1. The van der Waals surface area contributed by atoms with Gasteiger partial charge in [-0.25, -0.2) is 0 Å². The molecule has 1 saturated heterocycles. The molecule has 0 aliphatic carbocycles. The number of para-hydroxylation sites is 1. The topological polar surface area (TPSA) is 79.9 Å². The van der Waals surface area contributed by atoms with Crippen molar-refractivity contribution in [1.82, 2.24) is 5.32 Å². The van der Waals surface area contributed by atoms with Crippen molar-refractivity contribution in [1.29, 1.82) is 0 Å². The molecule has 0 aromatic heterocycles. The quantitative estimate of drug-likeness (QED) is 0.579. The van der Waals surface area contributed by atoms with Crippen LogP contribution in [0.25, 0.3) is 0 Å². The lowest BCUT2D eigenvalue weighted by Gasteiger charge is -2.27. The van der Waals surface area contributed by atoms with Crippen LogP contribution in [-0.4, -0.2) is 41.3 Å². The first-order valence-corrected chi connectivity index (χ1v) is 8.40. The molecule has 4 N–H and O–H groups in total. The van der Waals surface area contributed by atoms with Gasteiger partial charge in [0.2, 0.25) is 0 Å². The summed E-state index contributed by atoms with van der Waals surface area (Å²) >= 11 is 1.76. The van der Waals surface area contributed by atoms with E-state index in [1.54, 1.807) is 11.8 Å². The van der Waals surface area contributed by atoms with Crippen LogP contribution in [0.5, 0.6) is 5.75 Å². The van der Waals surface area contributed by atoms with Crippen LogP contribution >= 0.6 is 11.8 Å². The number of nitrogens with two attached hydrogens (primary N) is 1. The van der Waals surface area contributed by atoms with Crippen molar-refractivity contribution >= 4 is 17.7 Å². The Balaban J connectivity index is 1.64. The SMILES string of the molecule is NC(=NCC1(O)CCSC1)NC1CCOc2ccccc21. The number of ether oxygens (including phenoxy) is 1. The number of nitrogens with one attached hydrogen (secondary N) is 1. The van der Waals surface area contributed by atoms with Gasteiger partial charge in [-0.3, -0.25) is 4.99 Å². The van der Waals surface area contributed by atoms with Crippen molar-refractivity contribution in [2.45, 2.75) is 24.5 Å². The fourth-order valence-corrected chi connectivity index (χ4v) is 3.95. The Morgan fingerprint density at radius 3 is 3.19 bits per heavy atom. The van der Waals surface area contributed by atoms with E-state index in [0.29, 0.717) is 19.1 Å². The molecular formula is C15H21N3O2S. The first kappa shape index (κ1) is 14.5. The predicted octanol–water partition coefficient (Wildman–Crippen LogP) is 1.28. The van der Waals surface area contributed by atoms with E-state index in [4.69, 9.17) is 10.5 Å². The van der Waals surface area contributed by atoms with Crippen molar-refractivity contribution in [2.75, 3.05) is 24.7 Å². The molecule has 1 fully saturated rings. The molecule has 1 aromatic carbocycles. The van der Waals surface area contributed by atoms with Crippen LogP contribution in [0.15, 0.2) is 29.3 Å². The lowest BCUT2D eigenvalue weighted by atomic mass is 10.0. The highest BCUT2D eigenvalue weighted by atomic mass is 32.2. The Bertz CT molecular complexity index is 529. The normalized spacial score (nSPS) is 28.8. The average Bonchev–Trinajstić information content (AvgIpc) is 2.93. The van der Waals surface area contributed by atoms with Crippen LogP contribution in [-0.2, 0) is 0 Å². The number of rotatable bonds is 3. The van der Waals surface area contributed by atoms with Gasteiger partial charge in [-0.05, 0) is 18.2 Å². The van der Waals surface area contributed by atoms with Crippen molar-refractivity contribution in [3.05, 3.63) is 29.8 Å². The van der Waals surface area contributed by atoms with E-state index in [9.17, 15) is 5.11 Å². The Kier molecular flexibility index (Phi) is 4.26. The average molecular weight is 307 g/mol. The first-order chi connectivity index (χ1) is 10.2. The number of benzene rings is 1. The van der Waals surface area contributed by atoms with E-state index in [0.717, 1.165) is 35.7 Å². The molecule has 0 amide bonds. The molecule has 6 heteroatoms. The summed E-state index contributed by atoms with van der Waals surface area (Å²) in [4.78, 5) is 4.32. The van der Waals surface area contributed by atoms with E-state index in [1.807, 2.05) is 24.3 Å². The van der Waals surface area contributed by atoms with Crippen molar-refractivity contribution in [2.24, 2.45) is 10.7 Å². The molecule has 0 radical (unpaired) electrons. The minimum atomic E-state index is -0.690. The third-order valence-electron chi connectivity index (χ3n) is 3.91. The Hall–Kier alpha value is -1.40. The van der Waals surface area contributed by atoms with Gasteiger partial charge in [0.15, 0.2) is 5.96 Å². The van der Waals surface area contributed by atoms with Gasteiger partial charge in [-0.2, -0.15) is 11.8 Å². The predicted molar refractivity (Wildman–Crippen MR) is 85.8 cm³/mol. The molecule has 21 heavy (non-hydrogen) atoms. The second-order valence-corrected chi connectivity index (χ2v) is 6.71. The number of hydrogen-bond acceptors (Lipinski definition) is 4. The number of hydrogen-bond donors (Lipinski definition) is 3. The van der Waals surface area contributed by atoms with Gasteiger partial charge in [0.1, 0.15) is 5.75 Å². The van der Waals surface area contributed by atoms with E-state index >= 15 is 0 Å². The van der Waals surface area contributed by atoms with Crippen LogP contribution < -0.4 is 15.8 Å². The number of nitrogens with zero attached hydrogens (tertiary/aromatic N) is 1. The molecule has 1 aromatic rings. The lowest BCUT2D eigenvalue weighted by molar-refractivity contribution is 0.0778.